The summed E-state index contributed by atoms with van der Waals surface area (Å²) in [6.45, 7) is 1.83. The van der Waals surface area contributed by atoms with E-state index in [9.17, 15) is 4.79 Å². The van der Waals surface area contributed by atoms with Crippen molar-refractivity contribution >= 4 is 17.2 Å². The Kier molecular flexibility index (Phi) is 2.83. The van der Waals surface area contributed by atoms with Gasteiger partial charge in [-0.1, -0.05) is 0 Å². The van der Waals surface area contributed by atoms with E-state index in [4.69, 9.17) is 9.47 Å². The van der Waals surface area contributed by atoms with Gasteiger partial charge in [0.1, 0.15) is 0 Å². The highest BCUT2D eigenvalue weighted by atomic mass is 16.7. The Morgan fingerprint density at radius 1 is 1.00 bits per heavy atom. The predicted molar refractivity (Wildman–Crippen MR) is 72.3 cm³/mol. The first-order valence-corrected chi connectivity index (χ1v) is 6.00. The number of Topliss-reactive ketones (excluding diaryl/α,β-unsaturated/α-hetero) is 1. The molecular formula is C15H13NO3. The fourth-order valence-corrected chi connectivity index (χ4v) is 1.93. The van der Waals surface area contributed by atoms with Crippen molar-refractivity contribution in [2.75, 3.05) is 12.1 Å². The van der Waals surface area contributed by atoms with Crippen molar-refractivity contribution in [3.63, 3.8) is 0 Å². The molecule has 0 radical (unpaired) electrons. The van der Waals surface area contributed by atoms with Gasteiger partial charge in [0.25, 0.3) is 0 Å². The molecule has 1 aliphatic rings. The lowest BCUT2D eigenvalue weighted by atomic mass is 10.1. The molecule has 0 atom stereocenters. The monoisotopic (exact) mass is 255 g/mol. The fourth-order valence-electron chi connectivity index (χ4n) is 1.93. The van der Waals surface area contributed by atoms with E-state index in [2.05, 4.69) is 5.32 Å². The van der Waals surface area contributed by atoms with Crippen molar-refractivity contribution in [3.8, 4) is 11.5 Å². The summed E-state index contributed by atoms with van der Waals surface area (Å²) in [5.74, 6) is 1.57. The van der Waals surface area contributed by atoms with Crippen LogP contribution in [0.3, 0.4) is 0 Å². The summed E-state index contributed by atoms with van der Waals surface area (Å²) >= 11 is 0. The quantitative estimate of drug-likeness (QED) is 0.854. The molecule has 0 bridgehead atoms. The maximum absolute atomic E-state index is 11.2. The average Bonchev–Trinajstić information content (AvgIpc) is 2.87. The minimum absolute atomic E-state index is 0.0645. The third kappa shape index (κ3) is 2.38. The molecule has 0 spiro atoms. The Hall–Kier alpha value is -2.49. The molecule has 1 heterocycles. The standard InChI is InChI=1S/C15H13NO3/c1-10(17)11-2-4-12(5-3-11)16-13-6-7-14-15(8-13)19-9-18-14/h2-8,16H,9H2,1H3. The Balaban J connectivity index is 1.79. The summed E-state index contributed by atoms with van der Waals surface area (Å²) in [6, 6.07) is 13.0. The van der Waals surface area contributed by atoms with E-state index in [0.717, 1.165) is 22.9 Å². The zero-order valence-electron chi connectivity index (χ0n) is 10.5. The van der Waals surface area contributed by atoms with Crippen LogP contribution in [0.15, 0.2) is 42.5 Å². The zero-order chi connectivity index (χ0) is 13.2. The van der Waals surface area contributed by atoms with Crippen LogP contribution in [0.25, 0.3) is 0 Å². The van der Waals surface area contributed by atoms with Gasteiger partial charge in [0.05, 0.1) is 0 Å². The van der Waals surface area contributed by atoms with Crippen LogP contribution in [0.2, 0.25) is 0 Å². The highest BCUT2D eigenvalue weighted by molar-refractivity contribution is 5.94. The van der Waals surface area contributed by atoms with Crippen LogP contribution in [0.5, 0.6) is 11.5 Å². The van der Waals surface area contributed by atoms with Crippen molar-refractivity contribution in [2.45, 2.75) is 6.92 Å². The summed E-state index contributed by atoms with van der Waals surface area (Å²) in [5, 5.41) is 3.25. The largest absolute Gasteiger partial charge is 0.454 e. The lowest BCUT2D eigenvalue weighted by molar-refractivity contribution is 0.101. The van der Waals surface area contributed by atoms with Gasteiger partial charge in [-0.2, -0.15) is 0 Å². The van der Waals surface area contributed by atoms with Crippen LogP contribution >= 0.6 is 0 Å². The smallest absolute Gasteiger partial charge is 0.231 e. The molecule has 1 aliphatic heterocycles. The van der Waals surface area contributed by atoms with Crippen molar-refractivity contribution in [1.29, 1.82) is 0 Å². The predicted octanol–water partition coefficient (Wildman–Crippen LogP) is 3.36. The average molecular weight is 255 g/mol. The second kappa shape index (κ2) is 4.65. The highest BCUT2D eigenvalue weighted by Crippen LogP contribution is 2.35. The normalized spacial score (nSPS) is 12.3. The maximum atomic E-state index is 11.2. The first kappa shape index (κ1) is 11.6. The van der Waals surface area contributed by atoms with Gasteiger partial charge in [0.2, 0.25) is 6.79 Å². The summed E-state index contributed by atoms with van der Waals surface area (Å²) in [4.78, 5) is 11.2. The molecule has 4 heteroatoms. The minimum Gasteiger partial charge on any atom is -0.454 e. The van der Waals surface area contributed by atoms with Gasteiger partial charge in [-0.15, -0.1) is 0 Å². The van der Waals surface area contributed by atoms with E-state index in [1.807, 2.05) is 30.3 Å². The molecule has 3 rings (SSSR count). The van der Waals surface area contributed by atoms with E-state index in [1.165, 1.54) is 0 Å². The molecule has 4 nitrogen and oxygen atoms in total. The number of hydrogen-bond donors (Lipinski definition) is 1. The van der Waals surface area contributed by atoms with Crippen molar-refractivity contribution in [3.05, 3.63) is 48.0 Å². The second-order valence-corrected chi connectivity index (χ2v) is 4.33. The highest BCUT2D eigenvalue weighted by Gasteiger charge is 2.13. The zero-order valence-corrected chi connectivity index (χ0v) is 10.5. The van der Waals surface area contributed by atoms with Gasteiger partial charge in [-0.25, -0.2) is 0 Å². The lowest BCUT2D eigenvalue weighted by Gasteiger charge is -2.07. The molecule has 0 saturated heterocycles. The number of ketones is 1. The number of hydrogen-bond acceptors (Lipinski definition) is 4. The van der Waals surface area contributed by atoms with Gasteiger partial charge in [0.15, 0.2) is 17.3 Å². The Morgan fingerprint density at radius 3 is 2.42 bits per heavy atom. The maximum Gasteiger partial charge on any atom is 0.231 e. The van der Waals surface area contributed by atoms with E-state index >= 15 is 0 Å². The molecule has 2 aromatic rings. The topological polar surface area (TPSA) is 47.6 Å². The third-order valence-electron chi connectivity index (χ3n) is 2.95. The van der Waals surface area contributed by atoms with Gasteiger partial charge < -0.3 is 14.8 Å². The van der Waals surface area contributed by atoms with Crippen LogP contribution in [0, 0.1) is 0 Å². The van der Waals surface area contributed by atoms with Crippen LogP contribution in [-0.2, 0) is 0 Å². The molecule has 0 amide bonds. The molecule has 0 unspecified atom stereocenters. The number of rotatable bonds is 3. The van der Waals surface area contributed by atoms with Crippen LogP contribution in [0.1, 0.15) is 17.3 Å². The summed E-state index contributed by atoms with van der Waals surface area (Å²) in [6.07, 6.45) is 0. The number of carbonyl (C=O) groups is 1. The van der Waals surface area contributed by atoms with Gasteiger partial charge in [-0.3, -0.25) is 4.79 Å². The van der Waals surface area contributed by atoms with Crippen molar-refractivity contribution in [2.24, 2.45) is 0 Å². The first-order valence-electron chi connectivity index (χ1n) is 6.00. The number of benzene rings is 2. The minimum atomic E-state index is 0.0645. The summed E-state index contributed by atoms with van der Waals surface area (Å²) in [7, 11) is 0. The number of nitrogens with one attached hydrogen (secondary N) is 1. The van der Waals surface area contributed by atoms with Crippen molar-refractivity contribution < 1.29 is 14.3 Å². The number of fused-ring (bicyclic) bond motifs is 1. The number of anilines is 2. The molecule has 1 N–H and O–H groups in total. The van der Waals surface area contributed by atoms with Crippen molar-refractivity contribution in [1.82, 2.24) is 0 Å². The van der Waals surface area contributed by atoms with Crippen LogP contribution < -0.4 is 14.8 Å². The van der Waals surface area contributed by atoms with Gasteiger partial charge in [0, 0.05) is 23.0 Å². The summed E-state index contributed by atoms with van der Waals surface area (Å²) < 4.78 is 10.6. The Morgan fingerprint density at radius 2 is 1.68 bits per heavy atom. The molecule has 0 aliphatic carbocycles. The molecule has 19 heavy (non-hydrogen) atoms. The Labute approximate surface area is 111 Å². The molecule has 0 fully saturated rings. The SMILES string of the molecule is CC(=O)c1ccc(Nc2ccc3c(c2)OCO3)cc1. The summed E-state index contributed by atoms with van der Waals surface area (Å²) in [5.41, 5.74) is 2.54. The molecular weight excluding hydrogens is 242 g/mol. The van der Waals surface area contributed by atoms with Crippen LogP contribution in [-0.4, -0.2) is 12.6 Å². The Bertz CT molecular complexity index is 620. The number of carbonyl (C=O) groups excluding carboxylic acids is 1. The third-order valence-corrected chi connectivity index (χ3v) is 2.95. The van der Waals surface area contributed by atoms with E-state index in [-0.39, 0.29) is 12.6 Å². The lowest BCUT2D eigenvalue weighted by Crippen LogP contribution is -1.94. The van der Waals surface area contributed by atoms with E-state index in [0.29, 0.717) is 5.56 Å². The second-order valence-electron chi connectivity index (χ2n) is 4.33. The van der Waals surface area contributed by atoms with Gasteiger partial charge in [-0.05, 0) is 43.3 Å². The van der Waals surface area contributed by atoms with E-state index in [1.54, 1.807) is 19.1 Å². The van der Waals surface area contributed by atoms with Crippen LogP contribution in [0.4, 0.5) is 11.4 Å². The fraction of sp³-hybridized carbons (Fsp3) is 0.133. The molecule has 0 saturated carbocycles. The molecule has 2 aromatic carbocycles. The molecule has 0 aromatic heterocycles. The van der Waals surface area contributed by atoms with Gasteiger partial charge >= 0.3 is 0 Å². The molecule has 96 valence electrons. The number of ether oxygens (including phenoxy) is 2. The van der Waals surface area contributed by atoms with E-state index < -0.39 is 0 Å². The first-order chi connectivity index (χ1) is 9.22.